The maximum atomic E-state index is 10.2. The molecular weight excluding hydrogens is 440 g/mol. The fourth-order valence-electron chi connectivity index (χ4n) is 2.88. The second-order valence-corrected chi connectivity index (χ2v) is 8.60. The van der Waals surface area contributed by atoms with E-state index in [0.717, 1.165) is 36.8 Å². The molecule has 6 heteroatoms. The summed E-state index contributed by atoms with van der Waals surface area (Å²) >= 11 is 7.57. The molecule has 0 atom stereocenters. The van der Waals surface area contributed by atoms with Crippen LogP contribution in [0.2, 0.25) is 0 Å². The molecule has 0 rings (SSSR count). The summed E-state index contributed by atoms with van der Waals surface area (Å²) in [7, 11) is 0. The van der Waals surface area contributed by atoms with Crippen LogP contribution in [-0.2, 0) is 9.59 Å². The van der Waals surface area contributed by atoms with Crippen LogP contribution < -0.4 is 0 Å². The van der Waals surface area contributed by atoms with Gasteiger partial charge in [0.15, 0.2) is 0 Å². The number of hydrogen-bond acceptors (Lipinski definition) is 3. The maximum Gasteiger partial charge on any atom is 0.303 e. The van der Waals surface area contributed by atoms with Crippen LogP contribution in [0.3, 0.4) is 0 Å². The number of aliphatic carboxylic acids is 2. The molecule has 0 bridgehead atoms. The van der Waals surface area contributed by atoms with Crippen molar-refractivity contribution in [1.29, 1.82) is 0 Å². The predicted molar refractivity (Wildman–Crippen MR) is 126 cm³/mol. The fraction of sp³-hybridized carbons (Fsp3) is 0.909. The van der Waals surface area contributed by atoms with E-state index in [0.29, 0.717) is 12.8 Å². The van der Waals surface area contributed by atoms with Gasteiger partial charge in [-0.25, -0.2) is 0 Å². The Hall–Kier alpha value is -0.230. The zero-order valence-corrected chi connectivity index (χ0v) is 20.2. The van der Waals surface area contributed by atoms with Crippen molar-refractivity contribution in [2.24, 2.45) is 0 Å². The maximum absolute atomic E-state index is 10.2. The van der Waals surface area contributed by atoms with Crippen LogP contribution in [0.1, 0.15) is 116 Å². The van der Waals surface area contributed by atoms with Gasteiger partial charge in [-0.2, -0.15) is 12.6 Å². The van der Waals surface area contributed by atoms with Crippen LogP contribution >= 0.6 is 28.6 Å². The van der Waals surface area contributed by atoms with Gasteiger partial charge in [-0.1, -0.05) is 93.0 Å². The molecule has 0 saturated heterocycles. The highest BCUT2D eigenvalue weighted by Gasteiger charge is 1.97. The number of carbonyl (C=O) groups is 2. The Bertz CT molecular complexity index is 308. The van der Waals surface area contributed by atoms with Gasteiger partial charge in [-0.3, -0.25) is 9.59 Å². The monoisotopic (exact) mass is 482 g/mol. The average molecular weight is 484 g/mol. The minimum atomic E-state index is -0.668. The molecule has 0 heterocycles. The molecule has 0 aromatic carbocycles. The lowest BCUT2D eigenvalue weighted by Gasteiger charge is -2.00. The van der Waals surface area contributed by atoms with Gasteiger partial charge in [0, 0.05) is 18.2 Å². The lowest BCUT2D eigenvalue weighted by atomic mass is 10.1. The van der Waals surface area contributed by atoms with E-state index in [-0.39, 0.29) is 0 Å². The van der Waals surface area contributed by atoms with E-state index in [2.05, 4.69) is 28.6 Å². The summed E-state index contributed by atoms with van der Waals surface area (Å²) in [5.41, 5.74) is 0. The second-order valence-electron chi connectivity index (χ2n) is 7.36. The fourth-order valence-corrected chi connectivity index (χ4v) is 3.50. The summed E-state index contributed by atoms with van der Waals surface area (Å²) < 4.78 is 0. The molecule has 2 N–H and O–H groups in total. The van der Waals surface area contributed by atoms with Gasteiger partial charge >= 0.3 is 11.9 Å². The highest BCUT2D eigenvalue weighted by molar-refractivity contribution is 9.09. The van der Waals surface area contributed by atoms with Crippen molar-refractivity contribution < 1.29 is 19.8 Å². The van der Waals surface area contributed by atoms with Gasteiger partial charge in [0.05, 0.1) is 0 Å². The van der Waals surface area contributed by atoms with Gasteiger partial charge < -0.3 is 10.2 Å². The van der Waals surface area contributed by atoms with E-state index in [4.69, 9.17) is 10.2 Å². The summed E-state index contributed by atoms with van der Waals surface area (Å²) in [6.07, 6.45) is 19.7. The number of carboxylic acids is 2. The minimum absolute atomic E-state index is 0.333. The first-order chi connectivity index (χ1) is 13.5. The standard InChI is InChI=1S/C11H21BrO2.C11H22O2S/c12-10-8-6-4-2-1-3-5-7-9-11(13)14;12-11(13)9-7-5-3-1-2-4-6-8-10-14/h1-10H2,(H,13,14);14H,1-10H2,(H,12,13). The van der Waals surface area contributed by atoms with Crippen molar-refractivity contribution in [3.63, 3.8) is 0 Å². The van der Waals surface area contributed by atoms with Crippen molar-refractivity contribution in [1.82, 2.24) is 0 Å². The summed E-state index contributed by atoms with van der Waals surface area (Å²) in [5, 5.41) is 17.9. The molecule has 0 saturated carbocycles. The van der Waals surface area contributed by atoms with Gasteiger partial charge in [-0.15, -0.1) is 0 Å². The summed E-state index contributed by atoms with van der Waals surface area (Å²) in [4.78, 5) is 20.4. The van der Waals surface area contributed by atoms with Crippen molar-refractivity contribution in [2.45, 2.75) is 116 Å². The first-order valence-electron chi connectivity index (χ1n) is 11.1. The first-order valence-corrected chi connectivity index (χ1v) is 12.9. The van der Waals surface area contributed by atoms with E-state index in [9.17, 15) is 9.59 Å². The van der Waals surface area contributed by atoms with Crippen LogP contribution in [0.5, 0.6) is 0 Å². The quantitative estimate of drug-likeness (QED) is 0.0953. The molecule has 0 fully saturated rings. The van der Waals surface area contributed by atoms with Crippen molar-refractivity contribution in [3.05, 3.63) is 0 Å². The molecule has 0 radical (unpaired) electrons. The van der Waals surface area contributed by atoms with Crippen molar-refractivity contribution >= 4 is 40.5 Å². The molecule has 0 unspecified atom stereocenters. The summed E-state index contributed by atoms with van der Waals surface area (Å²) in [6, 6.07) is 0. The Morgan fingerprint density at radius 3 is 1.11 bits per heavy atom. The van der Waals surface area contributed by atoms with Crippen LogP contribution in [0.25, 0.3) is 0 Å². The number of hydrogen-bond donors (Lipinski definition) is 3. The lowest BCUT2D eigenvalue weighted by Crippen LogP contribution is -1.93. The molecule has 4 nitrogen and oxygen atoms in total. The molecule has 0 amide bonds. The first kappa shape index (κ1) is 30.0. The van der Waals surface area contributed by atoms with Gasteiger partial charge in [0.2, 0.25) is 0 Å². The Labute approximate surface area is 186 Å². The van der Waals surface area contributed by atoms with Crippen molar-refractivity contribution in [3.8, 4) is 0 Å². The topological polar surface area (TPSA) is 74.6 Å². The van der Waals surface area contributed by atoms with Gasteiger partial charge in [0.25, 0.3) is 0 Å². The molecule has 168 valence electrons. The van der Waals surface area contributed by atoms with Crippen LogP contribution in [0.4, 0.5) is 0 Å². The third-order valence-corrected chi connectivity index (χ3v) is 5.45. The Morgan fingerprint density at radius 2 is 0.821 bits per heavy atom. The number of halogens is 1. The normalized spacial score (nSPS) is 10.4. The summed E-state index contributed by atoms with van der Waals surface area (Å²) in [6.45, 7) is 0. The van der Waals surface area contributed by atoms with E-state index >= 15 is 0 Å². The van der Waals surface area contributed by atoms with E-state index in [1.54, 1.807) is 0 Å². The number of unbranched alkanes of at least 4 members (excludes halogenated alkanes) is 14. The molecular formula is C22H43BrO4S. The molecule has 0 aliphatic carbocycles. The van der Waals surface area contributed by atoms with Gasteiger partial charge in [0.1, 0.15) is 0 Å². The number of alkyl halides is 1. The van der Waals surface area contributed by atoms with Gasteiger partial charge in [-0.05, 0) is 31.4 Å². The SMILES string of the molecule is O=C(O)CCCCCCCCCCBr.O=C(O)CCCCCCCCCCS. The molecule has 0 spiro atoms. The largest absolute Gasteiger partial charge is 0.481 e. The zero-order chi connectivity index (χ0) is 21.3. The minimum Gasteiger partial charge on any atom is -0.481 e. The van der Waals surface area contributed by atoms with Crippen LogP contribution in [0.15, 0.2) is 0 Å². The summed E-state index contributed by atoms with van der Waals surface area (Å²) in [5.74, 6) is -0.334. The Balaban J connectivity index is 0. The highest BCUT2D eigenvalue weighted by atomic mass is 79.9. The Morgan fingerprint density at radius 1 is 0.536 bits per heavy atom. The Kier molecular flexibility index (Phi) is 28.7. The predicted octanol–water partition coefficient (Wildman–Crippen LogP) is 7.49. The number of thiol groups is 1. The third-order valence-electron chi connectivity index (χ3n) is 4.57. The highest BCUT2D eigenvalue weighted by Crippen LogP contribution is 2.11. The molecule has 0 aromatic rings. The van der Waals surface area contributed by atoms with Crippen molar-refractivity contribution in [2.75, 3.05) is 11.1 Å². The average Bonchev–Trinajstić information content (AvgIpc) is 2.65. The smallest absolute Gasteiger partial charge is 0.303 e. The molecule has 0 aromatic heterocycles. The van der Waals surface area contributed by atoms with Crippen LogP contribution in [0, 0.1) is 0 Å². The molecule has 28 heavy (non-hydrogen) atoms. The van der Waals surface area contributed by atoms with Crippen LogP contribution in [-0.4, -0.2) is 33.2 Å². The molecule has 0 aliphatic heterocycles. The second kappa shape index (κ2) is 26.8. The lowest BCUT2D eigenvalue weighted by molar-refractivity contribution is -0.138. The third kappa shape index (κ3) is 33.4. The van der Waals surface area contributed by atoms with E-state index < -0.39 is 11.9 Å². The number of carboxylic acid groups (broad SMARTS) is 2. The van der Waals surface area contributed by atoms with E-state index in [1.807, 2.05) is 0 Å². The van der Waals surface area contributed by atoms with E-state index in [1.165, 1.54) is 77.0 Å². The molecule has 0 aliphatic rings. The number of rotatable bonds is 20. The zero-order valence-electron chi connectivity index (χ0n) is 17.7.